The molecule has 0 bridgehead atoms. The lowest BCUT2D eigenvalue weighted by Gasteiger charge is -2.11. The van der Waals surface area contributed by atoms with E-state index in [1.165, 1.54) is 18.2 Å². The lowest BCUT2D eigenvalue weighted by atomic mass is 10.1. The van der Waals surface area contributed by atoms with Gasteiger partial charge in [-0.1, -0.05) is 18.2 Å². The van der Waals surface area contributed by atoms with Crippen LogP contribution in [-0.2, 0) is 6.54 Å². The van der Waals surface area contributed by atoms with Crippen molar-refractivity contribution >= 4 is 5.69 Å². The smallest absolute Gasteiger partial charge is 0.131 e. The maximum absolute atomic E-state index is 13.5. The molecule has 0 fully saturated rings. The van der Waals surface area contributed by atoms with Crippen LogP contribution < -0.4 is 5.32 Å². The van der Waals surface area contributed by atoms with E-state index >= 15 is 0 Å². The van der Waals surface area contributed by atoms with Gasteiger partial charge in [-0.25, -0.2) is 8.78 Å². The van der Waals surface area contributed by atoms with Crippen LogP contribution in [-0.4, -0.2) is 0 Å². The Hall–Kier alpha value is -1.90. The fourth-order valence-corrected chi connectivity index (χ4v) is 1.81. The zero-order chi connectivity index (χ0) is 13.1. The quantitative estimate of drug-likeness (QED) is 0.857. The first-order valence-corrected chi connectivity index (χ1v) is 5.82. The summed E-state index contributed by atoms with van der Waals surface area (Å²) >= 11 is 0. The van der Waals surface area contributed by atoms with E-state index in [1.807, 2.05) is 32.0 Å². The molecule has 0 heterocycles. The number of hydrogen-bond acceptors (Lipinski definition) is 1. The normalized spacial score (nSPS) is 10.4. The second-order valence-corrected chi connectivity index (χ2v) is 4.37. The SMILES string of the molecule is Cc1ccc(C)c(NCc2c(F)cccc2F)c1. The Morgan fingerprint density at radius 3 is 2.33 bits per heavy atom. The van der Waals surface area contributed by atoms with Crippen LogP contribution in [0.5, 0.6) is 0 Å². The van der Waals surface area contributed by atoms with Gasteiger partial charge in [-0.3, -0.25) is 0 Å². The standard InChI is InChI=1S/C15H15F2N/c1-10-6-7-11(2)15(8-10)18-9-12-13(16)4-3-5-14(12)17/h3-8,18H,9H2,1-2H3. The molecule has 0 spiro atoms. The number of nitrogens with one attached hydrogen (secondary N) is 1. The van der Waals surface area contributed by atoms with Crippen LogP contribution in [0.15, 0.2) is 36.4 Å². The van der Waals surface area contributed by atoms with Crippen LogP contribution in [0.2, 0.25) is 0 Å². The molecule has 0 aliphatic heterocycles. The topological polar surface area (TPSA) is 12.0 Å². The third kappa shape index (κ3) is 2.67. The molecule has 0 aliphatic carbocycles. The van der Waals surface area contributed by atoms with Crippen LogP contribution in [0, 0.1) is 25.5 Å². The van der Waals surface area contributed by atoms with Gasteiger partial charge in [-0.2, -0.15) is 0 Å². The van der Waals surface area contributed by atoms with Crippen LogP contribution in [0.25, 0.3) is 0 Å². The molecule has 2 aromatic carbocycles. The Kier molecular flexibility index (Phi) is 3.60. The molecule has 94 valence electrons. The minimum Gasteiger partial charge on any atom is -0.381 e. The molecule has 0 aromatic heterocycles. The Morgan fingerprint density at radius 2 is 1.67 bits per heavy atom. The van der Waals surface area contributed by atoms with Gasteiger partial charge in [0.25, 0.3) is 0 Å². The number of rotatable bonds is 3. The highest BCUT2D eigenvalue weighted by Gasteiger charge is 2.08. The molecule has 18 heavy (non-hydrogen) atoms. The second kappa shape index (κ2) is 5.17. The summed E-state index contributed by atoms with van der Waals surface area (Å²) in [6.07, 6.45) is 0. The summed E-state index contributed by atoms with van der Waals surface area (Å²) in [5.41, 5.74) is 3.13. The van der Waals surface area contributed by atoms with Crippen molar-refractivity contribution in [3.05, 3.63) is 64.7 Å². The average molecular weight is 247 g/mol. The largest absolute Gasteiger partial charge is 0.381 e. The third-order valence-corrected chi connectivity index (χ3v) is 2.91. The minimum atomic E-state index is -0.521. The number of hydrogen-bond donors (Lipinski definition) is 1. The Labute approximate surface area is 105 Å². The van der Waals surface area contributed by atoms with E-state index in [2.05, 4.69) is 5.32 Å². The summed E-state index contributed by atoms with van der Waals surface area (Å²) < 4.78 is 26.9. The van der Waals surface area contributed by atoms with Crippen molar-refractivity contribution in [2.75, 3.05) is 5.32 Å². The summed E-state index contributed by atoms with van der Waals surface area (Å²) in [5.74, 6) is -1.04. The highest BCUT2D eigenvalue weighted by Crippen LogP contribution is 2.19. The molecule has 0 saturated carbocycles. The Balaban J connectivity index is 2.19. The summed E-state index contributed by atoms with van der Waals surface area (Å²) in [7, 11) is 0. The number of halogens is 2. The molecule has 3 heteroatoms. The molecule has 0 unspecified atom stereocenters. The maximum atomic E-state index is 13.5. The zero-order valence-electron chi connectivity index (χ0n) is 10.4. The molecule has 2 rings (SSSR count). The van der Waals surface area contributed by atoms with Crippen molar-refractivity contribution in [3.8, 4) is 0 Å². The van der Waals surface area contributed by atoms with Gasteiger partial charge in [0.1, 0.15) is 11.6 Å². The van der Waals surface area contributed by atoms with Gasteiger partial charge >= 0.3 is 0 Å². The van der Waals surface area contributed by atoms with Gasteiger partial charge in [0, 0.05) is 17.8 Å². The van der Waals surface area contributed by atoms with Gasteiger partial charge < -0.3 is 5.32 Å². The van der Waals surface area contributed by atoms with Gasteiger partial charge in [0.15, 0.2) is 0 Å². The van der Waals surface area contributed by atoms with Gasteiger partial charge in [0.2, 0.25) is 0 Å². The van der Waals surface area contributed by atoms with E-state index in [4.69, 9.17) is 0 Å². The molecule has 0 amide bonds. The van der Waals surface area contributed by atoms with E-state index in [-0.39, 0.29) is 12.1 Å². The van der Waals surface area contributed by atoms with Gasteiger partial charge in [0.05, 0.1) is 0 Å². The molecule has 0 radical (unpaired) electrons. The number of aryl methyl sites for hydroxylation is 2. The van der Waals surface area contributed by atoms with E-state index in [1.54, 1.807) is 0 Å². The van der Waals surface area contributed by atoms with Gasteiger partial charge in [-0.05, 0) is 43.2 Å². The van der Waals surface area contributed by atoms with Gasteiger partial charge in [-0.15, -0.1) is 0 Å². The lowest BCUT2D eigenvalue weighted by molar-refractivity contribution is 0.560. The van der Waals surface area contributed by atoms with Crippen LogP contribution in [0.4, 0.5) is 14.5 Å². The minimum absolute atomic E-state index is 0.0680. The van der Waals surface area contributed by atoms with Crippen LogP contribution in [0.3, 0.4) is 0 Å². The van der Waals surface area contributed by atoms with Crippen molar-refractivity contribution in [2.45, 2.75) is 20.4 Å². The monoisotopic (exact) mass is 247 g/mol. The fourth-order valence-electron chi connectivity index (χ4n) is 1.81. The summed E-state index contributed by atoms with van der Waals surface area (Å²) in [6, 6.07) is 9.85. The predicted octanol–water partition coefficient (Wildman–Crippen LogP) is 4.19. The maximum Gasteiger partial charge on any atom is 0.131 e. The first-order chi connectivity index (χ1) is 8.58. The molecule has 2 aromatic rings. The highest BCUT2D eigenvalue weighted by atomic mass is 19.1. The van der Waals surface area contributed by atoms with E-state index in [0.717, 1.165) is 16.8 Å². The molecule has 0 saturated heterocycles. The summed E-state index contributed by atoms with van der Waals surface area (Å²) in [5, 5.41) is 3.07. The molecule has 1 N–H and O–H groups in total. The zero-order valence-corrected chi connectivity index (χ0v) is 10.4. The third-order valence-electron chi connectivity index (χ3n) is 2.91. The molecular formula is C15H15F2N. The van der Waals surface area contributed by atoms with Crippen molar-refractivity contribution in [1.82, 2.24) is 0 Å². The van der Waals surface area contributed by atoms with Crippen molar-refractivity contribution in [1.29, 1.82) is 0 Å². The van der Waals surface area contributed by atoms with E-state index in [0.29, 0.717) is 0 Å². The molecule has 1 nitrogen and oxygen atoms in total. The first-order valence-electron chi connectivity index (χ1n) is 5.82. The van der Waals surface area contributed by atoms with Crippen molar-refractivity contribution in [2.24, 2.45) is 0 Å². The summed E-state index contributed by atoms with van der Waals surface area (Å²) in [6.45, 7) is 4.08. The molecule has 0 aliphatic rings. The first kappa shape index (κ1) is 12.6. The highest BCUT2D eigenvalue weighted by molar-refractivity contribution is 5.52. The average Bonchev–Trinajstić information content (AvgIpc) is 2.33. The summed E-state index contributed by atoms with van der Waals surface area (Å²) in [4.78, 5) is 0. The molecular weight excluding hydrogens is 232 g/mol. The Morgan fingerprint density at radius 1 is 1.00 bits per heavy atom. The fraction of sp³-hybridized carbons (Fsp3) is 0.200. The number of benzene rings is 2. The lowest BCUT2D eigenvalue weighted by Crippen LogP contribution is -2.05. The van der Waals surface area contributed by atoms with Crippen LogP contribution in [0.1, 0.15) is 16.7 Å². The van der Waals surface area contributed by atoms with Crippen molar-refractivity contribution < 1.29 is 8.78 Å². The van der Waals surface area contributed by atoms with Crippen molar-refractivity contribution in [3.63, 3.8) is 0 Å². The predicted molar refractivity (Wildman–Crippen MR) is 69.6 cm³/mol. The van der Waals surface area contributed by atoms with E-state index < -0.39 is 11.6 Å². The Bertz CT molecular complexity index is 544. The van der Waals surface area contributed by atoms with E-state index in [9.17, 15) is 8.78 Å². The molecule has 0 atom stereocenters. The number of anilines is 1. The second-order valence-electron chi connectivity index (χ2n) is 4.37. The van der Waals surface area contributed by atoms with Crippen LogP contribution >= 0.6 is 0 Å².